The van der Waals surface area contributed by atoms with Crippen LogP contribution in [-0.2, 0) is 24.4 Å². The van der Waals surface area contributed by atoms with Crippen molar-refractivity contribution in [3.63, 3.8) is 0 Å². The van der Waals surface area contributed by atoms with E-state index < -0.39 is 0 Å². The number of hydrogen-bond acceptors (Lipinski definition) is 3. The van der Waals surface area contributed by atoms with E-state index in [0.29, 0.717) is 24.3 Å². The van der Waals surface area contributed by atoms with E-state index in [1.807, 2.05) is 24.3 Å². The van der Waals surface area contributed by atoms with Gasteiger partial charge in [0.05, 0.1) is 30.4 Å². The molecule has 3 rings (SSSR count). The first kappa shape index (κ1) is 16.7. The maximum absolute atomic E-state index is 9.57. The van der Waals surface area contributed by atoms with Crippen molar-refractivity contribution in [1.82, 2.24) is 0 Å². The minimum Gasteiger partial charge on any atom is -0.372 e. The van der Waals surface area contributed by atoms with Crippen LogP contribution in [0.1, 0.15) is 34.7 Å². The molecule has 25 heavy (non-hydrogen) atoms. The molecule has 0 heterocycles. The van der Waals surface area contributed by atoms with Gasteiger partial charge < -0.3 is 4.74 Å². The minimum atomic E-state index is 0.304. The molecular formula is C22H18N2O. The topological polar surface area (TPSA) is 56.8 Å². The number of fused-ring (bicyclic) bond motifs is 1. The van der Waals surface area contributed by atoms with Crippen LogP contribution in [0.2, 0.25) is 0 Å². The SMILES string of the molecule is CCc1ccc(COCc2cc(C#N)c3ccccc3c2C#N)cc1. The van der Waals surface area contributed by atoms with Crippen LogP contribution >= 0.6 is 0 Å². The van der Waals surface area contributed by atoms with Gasteiger partial charge in [-0.05, 0) is 29.2 Å². The summed E-state index contributed by atoms with van der Waals surface area (Å²) in [5.41, 5.74) is 4.29. The maximum Gasteiger partial charge on any atom is 0.100 e. The summed E-state index contributed by atoms with van der Waals surface area (Å²) in [7, 11) is 0. The summed E-state index contributed by atoms with van der Waals surface area (Å²) in [6.45, 7) is 2.91. The van der Waals surface area contributed by atoms with Crippen molar-refractivity contribution >= 4 is 10.8 Å². The minimum absolute atomic E-state index is 0.304. The van der Waals surface area contributed by atoms with Crippen molar-refractivity contribution in [1.29, 1.82) is 10.5 Å². The van der Waals surface area contributed by atoms with Crippen LogP contribution in [0.3, 0.4) is 0 Å². The Morgan fingerprint density at radius 2 is 1.52 bits per heavy atom. The molecule has 0 aliphatic carbocycles. The van der Waals surface area contributed by atoms with Gasteiger partial charge in [0.2, 0.25) is 0 Å². The predicted molar refractivity (Wildman–Crippen MR) is 97.7 cm³/mol. The lowest BCUT2D eigenvalue weighted by molar-refractivity contribution is 0.107. The second-order valence-electron chi connectivity index (χ2n) is 5.89. The van der Waals surface area contributed by atoms with Gasteiger partial charge >= 0.3 is 0 Å². The molecule has 0 aromatic heterocycles. The van der Waals surface area contributed by atoms with E-state index in [1.54, 1.807) is 6.07 Å². The van der Waals surface area contributed by atoms with Gasteiger partial charge in [-0.1, -0.05) is 55.5 Å². The quantitative estimate of drug-likeness (QED) is 0.672. The molecule has 3 nitrogen and oxygen atoms in total. The average Bonchev–Trinajstić information content (AvgIpc) is 2.67. The number of nitriles is 2. The number of rotatable bonds is 5. The van der Waals surface area contributed by atoms with E-state index in [1.165, 1.54) is 5.56 Å². The Kier molecular flexibility index (Phi) is 5.09. The van der Waals surface area contributed by atoms with E-state index in [0.717, 1.165) is 28.3 Å². The standard InChI is InChI=1S/C22H18N2O/c1-2-16-7-9-17(10-8-16)14-25-15-19-11-18(12-23)20-5-3-4-6-21(20)22(19)13-24/h3-11H,2,14-15H2,1H3. The molecule has 0 saturated heterocycles. The van der Waals surface area contributed by atoms with Crippen molar-refractivity contribution in [2.45, 2.75) is 26.6 Å². The normalized spacial score (nSPS) is 10.4. The highest BCUT2D eigenvalue weighted by Gasteiger charge is 2.12. The summed E-state index contributed by atoms with van der Waals surface area (Å²) in [5.74, 6) is 0. The molecule has 3 aromatic carbocycles. The lowest BCUT2D eigenvalue weighted by atomic mass is 9.96. The zero-order valence-corrected chi connectivity index (χ0v) is 14.1. The summed E-state index contributed by atoms with van der Waals surface area (Å²) >= 11 is 0. The Hall–Kier alpha value is -3.14. The molecule has 122 valence electrons. The van der Waals surface area contributed by atoms with Gasteiger partial charge in [0, 0.05) is 10.8 Å². The largest absolute Gasteiger partial charge is 0.372 e. The number of benzene rings is 3. The molecule has 3 aromatic rings. The molecule has 0 N–H and O–H groups in total. The molecule has 0 atom stereocenters. The average molecular weight is 326 g/mol. The molecule has 0 radical (unpaired) electrons. The van der Waals surface area contributed by atoms with E-state index in [4.69, 9.17) is 4.74 Å². The monoisotopic (exact) mass is 326 g/mol. The maximum atomic E-state index is 9.57. The summed E-state index contributed by atoms with van der Waals surface area (Å²) in [5, 5.41) is 20.6. The zero-order chi connectivity index (χ0) is 17.6. The van der Waals surface area contributed by atoms with Gasteiger partial charge in [0.15, 0.2) is 0 Å². The van der Waals surface area contributed by atoms with E-state index in [-0.39, 0.29) is 0 Å². The highest BCUT2D eigenvalue weighted by Crippen LogP contribution is 2.26. The first-order valence-electron chi connectivity index (χ1n) is 8.27. The van der Waals surface area contributed by atoms with Crippen LogP contribution in [0.15, 0.2) is 54.6 Å². The lowest BCUT2D eigenvalue weighted by Gasteiger charge is -2.10. The summed E-state index contributed by atoms with van der Waals surface area (Å²) < 4.78 is 5.81. The van der Waals surface area contributed by atoms with Crippen molar-refractivity contribution in [3.05, 3.63) is 82.4 Å². The summed E-state index contributed by atoms with van der Waals surface area (Å²) in [6.07, 6.45) is 1.01. The van der Waals surface area contributed by atoms with Crippen LogP contribution in [0.25, 0.3) is 10.8 Å². The number of ether oxygens (including phenoxy) is 1. The van der Waals surface area contributed by atoms with E-state index >= 15 is 0 Å². The third-order valence-electron chi connectivity index (χ3n) is 4.32. The first-order chi connectivity index (χ1) is 12.3. The molecule has 3 heteroatoms. The summed E-state index contributed by atoms with van der Waals surface area (Å²) in [4.78, 5) is 0. The predicted octanol–water partition coefficient (Wildman–Crippen LogP) is 4.86. The van der Waals surface area contributed by atoms with Crippen molar-refractivity contribution in [2.75, 3.05) is 0 Å². The molecular weight excluding hydrogens is 308 g/mol. The Balaban J connectivity index is 1.83. The Bertz CT molecular complexity index is 976. The zero-order valence-electron chi connectivity index (χ0n) is 14.1. The Labute approximate surface area is 147 Å². The van der Waals surface area contributed by atoms with Gasteiger partial charge in [0.1, 0.15) is 6.07 Å². The number of hydrogen-bond donors (Lipinski definition) is 0. The Morgan fingerprint density at radius 3 is 2.16 bits per heavy atom. The smallest absolute Gasteiger partial charge is 0.100 e. The number of nitrogens with zero attached hydrogens (tertiary/aromatic N) is 2. The van der Waals surface area contributed by atoms with Crippen LogP contribution in [0, 0.1) is 22.7 Å². The second kappa shape index (κ2) is 7.62. The van der Waals surface area contributed by atoms with Crippen LogP contribution in [0.5, 0.6) is 0 Å². The van der Waals surface area contributed by atoms with Gasteiger partial charge in [0.25, 0.3) is 0 Å². The second-order valence-corrected chi connectivity index (χ2v) is 5.89. The highest BCUT2D eigenvalue weighted by molar-refractivity contribution is 5.93. The van der Waals surface area contributed by atoms with Gasteiger partial charge in [-0.15, -0.1) is 0 Å². The summed E-state index contributed by atoms with van der Waals surface area (Å²) in [6, 6.07) is 22.1. The van der Waals surface area contributed by atoms with Crippen LogP contribution in [-0.4, -0.2) is 0 Å². The molecule has 0 saturated carbocycles. The van der Waals surface area contributed by atoms with E-state index in [9.17, 15) is 10.5 Å². The third-order valence-corrected chi connectivity index (χ3v) is 4.32. The van der Waals surface area contributed by atoms with Gasteiger partial charge in [-0.25, -0.2) is 0 Å². The Morgan fingerprint density at radius 1 is 0.840 bits per heavy atom. The van der Waals surface area contributed by atoms with Gasteiger partial charge in [-0.2, -0.15) is 10.5 Å². The van der Waals surface area contributed by atoms with Crippen molar-refractivity contribution in [2.24, 2.45) is 0 Å². The fraction of sp³-hybridized carbons (Fsp3) is 0.182. The molecule has 0 aliphatic rings. The molecule has 0 spiro atoms. The van der Waals surface area contributed by atoms with Crippen molar-refractivity contribution in [3.8, 4) is 12.1 Å². The van der Waals surface area contributed by atoms with Crippen molar-refractivity contribution < 1.29 is 4.74 Å². The fourth-order valence-electron chi connectivity index (χ4n) is 2.92. The van der Waals surface area contributed by atoms with Gasteiger partial charge in [-0.3, -0.25) is 0 Å². The molecule has 0 fully saturated rings. The lowest BCUT2D eigenvalue weighted by Crippen LogP contribution is -1.99. The van der Waals surface area contributed by atoms with Crippen LogP contribution in [0.4, 0.5) is 0 Å². The van der Waals surface area contributed by atoms with Crippen LogP contribution < -0.4 is 0 Å². The molecule has 0 amide bonds. The van der Waals surface area contributed by atoms with E-state index in [2.05, 4.69) is 43.3 Å². The highest BCUT2D eigenvalue weighted by atomic mass is 16.5. The molecule has 0 bridgehead atoms. The molecule has 0 aliphatic heterocycles. The fourth-order valence-corrected chi connectivity index (χ4v) is 2.92. The number of aryl methyl sites for hydroxylation is 1. The molecule has 0 unspecified atom stereocenters. The third kappa shape index (κ3) is 3.53. The first-order valence-corrected chi connectivity index (χ1v) is 8.27.